The topological polar surface area (TPSA) is 75.5 Å². The van der Waals surface area contributed by atoms with Crippen molar-refractivity contribution in [1.82, 2.24) is 14.7 Å². The van der Waals surface area contributed by atoms with Gasteiger partial charge in [-0.1, -0.05) is 24.3 Å². The molecule has 2 amide bonds. The van der Waals surface area contributed by atoms with E-state index in [4.69, 9.17) is 0 Å². The summed E-state index contributed by atoms with van der Waals surface area (Å²) in [5, 5.41) is 5.10. The number of fused-ring (bicyclic) bond motifs is 1. The highest BCUT2D eigenvalue weighted by molar-refractivity contribution is 6.06. The number of para-hydroxylation sites is 1. The number of carbonyl (C=O) groups is 2. The number of pyridine rings is 1. The zero-order valence-electron chi connectivity index (χ0n) is 13.2. The summed E-state index contributed by atoms with van der Waals surface area (Å²) in [6.07, 6.45) is 3.16. The lowest BCUT2D eigenvalue weighted by Gasteiger charge is -2.05. The van der Waals surface area contributed by atoms with Crippen molar-refractivity contribution >= 4 is 23.0 Å². The first-order valence-electron chi connectivity index (χ1n) is 7.54. The second kappa shape index (κ2) is 6.96. The van der Waals surface area contributed by atoms with Gasteiger partial charge in [0.25, 0.3) is 11.8 Å². The minimum atomic E-state index is -0.617. The summed E-state index contributed by atoms with van der Waals surface area (Å²) in [4.78, 5) is 28.9. The van der Waals surface area contributed by atoms with Crippen LogP contribution in [0.3, 0.4) is 0 Å². The Hall–Kier alpha value is -3.48. The third kappa shape index (κ3) is 3.25. The van der Waals surface area contributed by atoms with Gasteiger partial charge < -0.3 is 10.6 Å². The highest BCUT2D eigenvalue weighted by atomic mass is 19.1. The Bertz CT molecular complexity index is 965. The Kier molecular flexibility index (Phi) is 4.56. The molecule has 6 nitrogen and oxygen atoms in total. The van der Waals surface area contributed by atoms with Crippen molar-refractivity contribution in [3.8, 4) is 0 Å². The smallest absolute Gasteiger partial charge is 0.292 e. The molecule has 0 unspecified atom stereocenters. The SMILES string of the molecule is C=CCNC(=O)c1nc(C(=O)Nc2ccccc2F)n2ccccc12. The van der Waals surface area contributed by atoms with Gasteiger partial charge in [0, 0.05) is 12.7 Å². The van der Waals surface area contributed by atoms with Crippen LogP contribution >= 0.6 is 0 Å². The number of aromatic nitrogens is 2. The lowest BCUT2D eigenvalue weighted by atomic mass is 10.3. The second-order valence-corrected chi connectivity index (χ2v) is 5.17. The molecule has 1 aromatic carbocycles. The molecule has 0 bridgehead atoms. The maximum absolute atomic E-state index is 13.7. The summed E-state index contributed by atoms with van der Waals surface area (Å²) < 4.78 is 15.2. The summed E-state index contributed by atoms with van der Waals surface area (Å²) in [5.74, 6) is -1.61. The van der Waals surface area contributed by atoms with Crippen LogP contribution in [-0.2, 0) is 0 Å². The van der Waals surface area contributed by atoms with Crippen molar-refractivity contribution in [3.05, 3.63) is 78.7 Å². The molecule has 0 aliphatic heterocycles. The van der Waals surface area contributed by atoms with E-state index in [0.717, 1.165) is 0 Å². The van der Waals surface area contributed by atoms with E-state index in [9.17, 15) is 14.0 Å². The van der Waals surface area contributed by atoms with E-state index < -0.39 is 17.6 Å². The van der Waals surface area contributed by atoms with E-state index in [2.05, 4.69) is 22.2 Å². The summed E-state index contributed by atoms with van der Waals surface area (Å²) in [6.45, 7) is 3.82. The van der Waals surface area contributed by atoms with Crippen LogP contribution < -0.4 is 10.6 Å². The Balaban J connectivity index is 1.99. The number of halogens is 1. The van der Waals surface area contributed by atoms with Gasteiger partial charge >= 0.3 is 0 Å². The summed E-state index contributed by atoms with van der Waals surface area (Å²) in [7, 11) is 0. The molecule has 7 heteroatoms. The van der Waals surface area contributed by atoms with Gasteiger partial charge in [-0.15, -0.1) is 6.58 Å². The van der Waals surface area contributed by atoms with Crippen LogP contribution in [0.15, 0.2) is 61.3 Å². The summed E-state index contributed by atoms with van der Waals surface area (Å²) in [6, 6.07) is 10.9. The number of nitrogens with zero attached hydrogens (tertiary/aromatic N) is 2. The summed E-state index contributed by atoms with van der Waals surface area (Å²) >= 11 is 0. The Morgan fingerprint density at radius 3 is 2.68 bits per heavy atom. The molecule has 0 saturated carbocycles. The third-order valence-corrected chi connectivity index (χ3v) is 3.50. The molecule has 0 atom stereocenters. The molecule has 0 aliphatic rings. The molecule has 3 aromatic rings. The highest BCUT2D eigenvalue weighted by Crippen LogP contribution is 2.17. The van der Waals surface area contributed by atoms with Gasteiger partial charge in [0.1, 0.15) is 5.82 Å². The van der Waals surface area contributed by atoms with E-state index in [1.165, 1.54) is 22.6 Å². The fourth-order valence-electron chi connectivity index (χ4n) is 2.35. The molecule has 0 radical (unpaired) electrons. The zero-order valence-corrected chi connectivity index (χ0v) is 13.2. The largest absolute Gasteiger partial charge is 0.347 e. The fraction of sp³-hybridized carbons (Fsp3) is 0.0556. The summed E-state index contributed by atoms with van der Waals surface area (Å²) in [5.41, 5.74) is 0.627. The average molecular weight is 338 g/mol. The van der Waals surface area contributed by atoms with Gasteiger partial charge in [-0.3, -0.25) is 14.0 Å². The van der Waals surface area contributed by atoms with Gasteiger partial charge in [-0.2, -0.15) is 0 Å². The van der Waals surface area contributed by atoms with Crippen molar-refractivity contribution in [3.63, 3.8) is 0 Å². The van der Waals surface area contributed by atoms with Crippen molar-refractivity contribution in [2.24, 2.45) is 0 Å². The van der Waals surface area contributed by atoms with Gasteiger partial charge in [-0.05, 0) is 24.3 Å². The van der Waals surface area contributed by atoms with Gasteiger partial charge in [-0.25, -0.2) is 9.37 Å². The molecule has 126 valence electrons. The molecule has 0 spiro atoms. The maximum atomic E-state index is 13.7. The molecule has 2 N–H and O–H groups in total. The van der Waals surface area contributed by atoms with E-state index >= 15 is 0 Å². The van der Waals surface area contributed by atoms with Crippen LogP contribution in [0.5, 0.6) is 0 Å². The van der Waals surface area contributed by atoms with Gasteiger partial charge in [0.15, 0.2) is 5.69 Å². The third-order valence-electron chi connectivity index (χ3n) is 3.50. The molecular weight excluding hydrogens is 323 g/mol. The van der Waals surface area contributed by atoms with Crippen molar-refractivity contribution in [1.29, 1.82) is 0 Å². The zero-order chi connectivity index (χ0) is 17.8. The maximum Gasteiger partial charge on any atom is 0.292 e. The predicted molar refractivity (Wildman–Crippen MR) is 92.1 cm³/mol. The normalized spacial score (nSPS) is 10.4. The van der Waals surface area contributed by atoms with Crippen LogP contribution in [0.4, 0.5) is 10.1 Å². The Morgan fingerprint density at radius 1 is 1.16 bits per heavy atom. The fourth-order valence-corrected chi connectivity index (χ4v) is 2.35. The lowest BCUT2D eigenvalue weighted by molar-refractivity contribution is 0.0955. The number of nitrogens with one attached hydrogen (secondary N) is 2. The number of benzene rings is 1. The molecule has 0 aliphatic carbocycles. The van der Waals surface area contributed by atoms with Crippen molar-refractivity contribution in [2.45, 2.75) is 0 Å². The van der Waals surface area contributed by atoms with Crippen LogP contribution in [0.25, 0.3) is 5.52 Å². The molecule has 2 aromatic heterocycles. The number of amides is 2. The van der Waals surface area contributed by atoms with E-state index in [1.54, 1.807) is 36.5 Å². The van der Waals surface area contributed by atoms with Crippen LogP contribution in [0, 0.1) is 5.82 Å². The van der Waals surface area contributed by atoms with E-state index in [0.29, 0.717) is 5.52 Å². The number of rotatable bonds is 5. The van der Waals surface area contributed by atoms with Gasteiger partial charge in [0.2, 0.25) is 5.82 Å². The number of anilines is 1. The molecule has 3 rings (SSSR count). The van der Waals surface area contributed by atoms with E-state index in [-0.39, 0.29) is 23.8 Å². The first kappa shape index (κ1) is 16.4. The van der Waals surface area contributed by atoms with Crippen LogP contribution in [0.1, 0.15) is 21.1 Å². The van der Waals surface area contributed by atoms with Crippen molar-refractivity contribution < 1.29 is 14.0 Å². The van der Waals surface area contributed by atoms with E-state index in [1.807, 2.05) is 0 Å². The second-order valence-electron chi connectivity index (χ2n) is 5.17. The number of carbonyl (C=O) groups excluding carboxylic acids is 2. The van der Waals surface area contributed by atoms with Crippen molar-refractivity contribution in [2.75, 3.05) is 11.9 Å². The Labute approximate surface area is 143 Å². The monoisotopic (exact) mass is 338 g/mol. The highest BCUT2D eigenvalue weighted by Gasteiger charge is 2.21. The number of hydrogen-bond acceptors (Lipinski definition) is 3. The quantitative estimate of drug-likeness (QED) is 0.702. The number of imidazole rings is 1. The first-order valence-corrected chi connectivity index (χ1v) is 7.54. The molecule has 25 heavy (non-hydrogen) atoms. The van der Waals surface area contributed by atoms with Gasteiger partial charge in [0.05, 0.1) is 11.2 Å². The minimum absolute atomic E-state index is 0.0115. The van der Waals surface area contributed by atoms with Crippen LogP contribution in [0.2, 0.25) is 0 Å². The first-order chi connectivity index (χ1) is 12.1. The average Bonchev–Trinajstić information content (AvgIpc) is 3.01. The number of hydrogen-bond donors (Lipinski definition) is 2. The molecular formula is C18H15FN4O2. The van der Waals surface area contributed by atoms with Crippen LogP contribution in [-0.4, -0.2) is 27.7 Å². The molecule has 2 heterocycles. The standard InChI is InChI=1S/C18H15FN4O2/c1-2-10-20-17(24)15-14-9-5-6-11-23(14)16(22-15)18(25)21-13-8-4-3-7-12(13)19/h2-9,11H,1,10H2,(H,20,24)(H,21,25). The predicted octanol–water partition coefficient (Wildman–Crippen LogP) is 2.64. The lowest BCUT2D eigenvalue weighted by Crippen LogP contribution is -2.24. The minimum Gasteiger partial charge on any atom is -0.347 e. The molecule has 0 saturated heterocycles. The molecule has 0 fully saturated rings. The Morgan fingerprint density at radius 2 is 1.92 bits per heavy atom.